The molecule has 0 bridgehead atoms. The van der Waals surface area contributed by atoms with E-state index in [0.29, 0.717) is 33.4 Å². The maximum atomic E-state index is 12.5. The summed E-state index contributed by atoms with van der Waals surface area (Å²) in [5.74, 6) is 0.258. The fraction of sp³-hybridized carbons (Fsp3) is 0.278. The minimum Gasteiger partial charge on any atom is -0.441 e. The molecule has 3 aromatic heterocycles. The fourth-order valence-electron chi connectivity index (χ4n) is 2.74. The molecule has 1 atom stereocenters. The largest absolute Gasteiger partial charge is 0.441 e. The Labute approximate surface area is 183 Å². The molecule has 0 aliphatic carbocycles. The van der Waals surface area contributed by atoms with Gasteiger partial charge in [0, 0.05) is 25.0 Å². The average molecular weight is 466 g/mol. The SMILES string of the molecule is Cc1nc(-c2nnn(C)c2NC(=O)OC(C)c2ccncc2Cl)ccc1NS(C)(=O)=O. The zero-order valence-corrected chi connectivity index (χ0v) is 18.7. The Kier molecular flexibility index (Phi) is 6.41. The van der Waals surface area contributed by atoms with Gasteiger partial charge in [0.15, 0.2) is 11.5 Å². The topological polar surface area (TPSA) is 141 Å². The van der Waals surface area contributed by atoms with Crippen LogP contribution in [0.2, 0.25) is 5.02 Å². The summed E-state index contributed by atoms with van der Waals surface area (Å²) in [6, 6.07) is 4.79. The van der Waals surface area contributed by atoms with Crippen LogP contribution in [0, 0.1) is 6.92 Å². The number of nitrogens with one attached hydrogen (secondary N) is 2. The van der Waals surface area contributed by atoms with E-state index in [1.165, 1.54) is 10.9 Å². The second kappa shape index (κ2) is 8.86. The van der Waals surface area contributed by atoms with Gasteiger partial charge in [-0.2, -0.15) is 0 Å². The summed E-state index contributed by atoms with van der Waals surface area (Å²) in [7, 11) is -1.84. The lowest BCUT2D eigenvalue weighted by Gasteiger charge is -2.15. The summed E-state index contributed by atoms with van der Waals surface area (Å²) in [6.07, 6.45) is 2.71. The Morgan fingerprint density at radius 2 is 2.03 bits per heavy atom. The molecular weight excluding hydrogens is 446 g/mol. The number of rotatable bonds is 6. The zero-order chi connectivity index (χ0) is 22.8. The van der Waals surface area contributed by atoms with Gasteiger partial charge in [0.2, 0.25) is 10.0 Å². The van der Waals surface area contributed by atoms with Crippen LogP contribution in [-0.4, -0.2) is 45.7 Å². The van der Waals surface area contributed by atoms with E-state index in [-0.39, 0.29) is 5.82 Å². The van der Waals surface area contributed by atoms with Crippen LogP contribution < -0.4 is 10.0 Å². The minimum atomic E-state index is -3.44. The van der Waals surface area contributed by atoms with E-state index in [4.69, 9.17) is 16.3 Å². The van der Waals surface area contributed by atoms with Gasteiger partial charge in [-0.05, 0) is 32.0 Å². The van der Waals surface area contributed by atoms with E-state index in [9.17, 15) is 13.2 Å². The van der Waals surface area contributed by atoms with E-state index in [1.54, 1.807) is 45.3 Å². The highest BCUT2D eigenvalue weighted by Gasteiger charge is 2.21. The molecule has 3 aromatic rings. The smallest absolute Gasteiger partial charge is 0.413 e. The highest BCUT2D eigenvalue weighted by atomic mass is 35.5. The molecule has 11 nitrogen and oxygen atoms in total. The maximum Gasteiger partial charge on any atom is 0.413 e. The molecule has 31 heavy (non-hydrogen) atoms. The Morgan fingerprint density at radius 3 is 2.68 bits per heavy atom. The van der Waals surface area contributed by atoms with Gasteiger partial charge in [-0.1, -0.05) is 16.8 Å². The Bertz CT molecular complexity index is 1230. The van der Waals surface area contributed by atoms with Crippen molar-refractivity contribution in [1.29, 1.82) is 0 Å². The van der Waals surface area contributed by atoms with Crippen LogP contribution in [0.3, 0.4) is 0 Å². The maximum absolute atomic E-state index is 12.5. The zero-order valence-electron chi connectivity index (χ0n) is 17.1. The van der Waals surface area contributed by atoms with Crippen molar-refractivity contribution >= 4 is 39.2 Å². The van der Waals surface area contributed by atoms with E-state index in [1.807, 2.05) is 0 Å². The lowest BCUT2D eigenvalue weighted by molar-refractivity contribution is 0.121. The molecule has 2 N–H and O–H groups in total. The van der Waals surface area contributed by atoms with Gasteiger partial charge in [0.05, 0.1) is 28.4 Å². The lowest BCUT2D eigenvalue weighted by atomic mass is 10.2. The summed E-state index contributed by atoms with van der Waals surface area (Å²) < 4.78 is 32.1. The predicted octanol–water partition coefficient (Wildman–Crippen LogP) is 2.92. The van der Waals surface area contributed by atoms with Gasteiger partial charge in [-0.25, -0.2) is 22.9 Å². The molecule has 0 aromatic carbocycles. The number of hydrogen-bond donors (Lipinski definition) is 2. The van der Waals surface area contributed by atoms with Crippen LogP contribution in [0.15, 0.2) is 30.6 Å². The molecule has 3 rings (SSSR count). The summed E-state index contributed by atoms with van der Waals surface area (Å²) in [5.41, 5.74) is 2.07. The van der Waals surface area contributed by atoms with Crippen LogP contribution >= 0.6 is 11.6 Å². The number of pyridine rings is 2. The lowest BCUT2D eigenvalue weighted by Crippen LogP contribution is -2.18. The number of amides is 1. The van der Waals surface area contributed by atoms with Crippen LogP contribution in [0.1, 0.15) is 24.3 Å². The van der Waals surface area contributed by atoms with Crippen molar-refractivity contribution in [2.24, 2.45) is 7.05 Å². The fourth-order valence-corrected chi connectivity index (χ4v) is 3.62. The van der Waals surface area contributed by atoms with Crippen molar-refractivity contribution in [1.82, 2.24) is 25.0 Å². The predicted molar refractivity (Wildman–Crippen MR) is 115 cm³/mol. The molecule has 164 valence electrons. The summed E-state index contributed by atoms with van der Waals surface area (Å²) in [6.45, 7) is 3.33. The number of halogens is 1. The number of anilines is 2. The van der Waals surface area contributed by atoms with Crippen molar-refractivity contribution in [3.05, 3.63) is 46.9 Å². The second-order valence-electron chi connectivity index (χ2n) is 6.68. The van der Waals surface area contributed by atoms with Gasteiger partial charge in [-0.3, -0.25) is 15.0 Å². The number of aromatic nitrogens is 5. The van der Waals surface area contributed by atoms with Crippen LogP contribution in [-0.2, 0) is 21.8 Å². The Balaban J connectivity index is 1.80. The van der Waals surface area contributed by atoms with Crippen molar-refractivity contribution < 1.29 is 17.9 Å². The van der Waals surface area contributed by atoms with Gasteiger partial charge in [0.1, 0.15) is 6.10 Å². The standard InChI is InChI=1S/C18H20ClN7O4S/c1-10-14(24-31(4,28)29)5-6-15(21-10)16-17(26(3)25-23-16)22-18(27)30-11(2)12-7-8-20-9-13(12)19/h5-9,11,24H,1-4H3,(H,22,27). The minimum absolute atomic E-state index is 0.258. The molecule has 0 spiro atoms. The first-order valence-electron chi connectivity index (χ1n) is 8.97. The normalized spacial score (nSPS) is 12.3. The first-order valence-corrected chi connectivity index (χ1v) is 11.2. The Hall–Kier alpha value is -3.25. The first kappa shape index (κ1) is 22.4. The molecule has 1 amide bonds. The van der Waals surface area contributed by atoms with Crippen molar-refractivity contribution in [2.75, 3.05) is 16.3 Å². The van der Waals surface area contributed by atoms with E-state index in [0.717, 1.165) is 6.26 Å². The van der Waals surface area contributed by atoms with Crippen molar-refractivity contribution in [3.63, 3.8) is 0 Å². The molecule has 0 saturated carbocycles. The third-order valence-electron chi connectivity index (χ3n) is 4.20. The molecule has 1 unspecified atom stereocenters. The van der Waals surface area contributed by atoms with Crippen molar-refractivity contribution in [2.45, 2.75) is 20.0 Å². The number of carbonyl (C=O) groups is 1. The number of hydrogen-bond acceptors (Lipinski definition) is 8. The monoisotopic (exact) mass is 465 g/mol. The van der Waals surface area contributed by atoms with Gasteiger partial charge in [0.25, 0.3) is 0 Å². The quantitative estimate of drug-likeness (QED) is 0.566. The number of aryl methyl sites for hydroxylation is 2. The second-order valence-corrected chi connectivity index (χ2v) is 8.84. The number of sulfonamides is 1. The number of ether oxygens (including phenoxy) is 1. The molecule has 0 saturated heterocycles. The van der Waals surface area contributed by atoms with E-state index >= 15 is 0 Å². The third-order valence-corrected chi connectivity index (χ3v) is 5.10. The summed E-state index contributed by atoms with van der Waals surface area (Å²) in [4.78, 5) is 20.7. The average Bonchev–Trinajstić information content (AvgIpc) is 3.03. The van der Waals surface area contributed by atoms with Gasteiger partial charge >= 0.3 is 6.09 Å². The van der Waals surface area contributed by atoms with E-state index in [2.05, 4.69) is 30.3 Å². The highest BCUT2D eigenvalue weighted by Crippen LogP contribution is 2.28. The van der Waals surface area contributed by atoms with Crippen LogP contribution in [0.25, 0.3) is 11.4 Å². The molecule has 13 heteroatoms. The molecule has 0 radical (unpaired) electrons. The molecule has 0 aliphatic rings. The van der Waals surface area contributed by atoms with Crippen molar-refractivity contribution in [3.8, 4) is 11.4 Å². The third kappa shape index (κ3) is 5.47. The highest BCUT2D eigenvalue weighted by molar-refractivity contribution is 7.92. The summed E-state index contributed by atoms with van der Waals surface area (Å²) >= 11 is 6.09. The molecule has 0 aliphatic heterocycles. The molecule has 3 heterocycles. The summed E-state index contributed by atoms with van der Waals surface area (Å²) in [5, 5.41) is 11.0. The first-order chi connectivity index (χ1) is 14.5. The molecular formula is C18H20ClN7O4S. The van der Waals surface area contributed by atoms with Gasteiger partial charge < -0.3 is 4.74 Å². The van der Waals surface area contributed by atoms with E-state index < -0.39 is 22.2 Å². The van der Waals surface area contributed by atoms with Crippen LogP contribution in [0.4, 0.5) is 16.3 Å². The molecule has 0 fully saturated rings. The van der Waals surface area contributed by atoms with Crippen LogP contribution in [0.5, 0.6) is 0 Å². The number of nitrogens with zero attached hydrogens (tertiary/aromatic N) is 5. The van der Waals surface area contributed by atoms with Gasteiger partial charge in [-0.15, -0.1) is 5.10 Å². The Morgan fingerprint density at radius 1 is 1.29 bits per heavy atom. The number of carbonyl (C=O) groups excluding carboxylic acids is 1.